The molecule has 1 N–H and O–H groups in total. The van der Waals surface area contributed by atoms with Gasteiger partial charge in [-0.3, -0.25) is 4.79 Å². The molecule has 1 aromatic rings. The zero-order valence-corrected chi connectivity index (χ0v) is 10.1. The Morgan fingerprint density at radius 2 is 2.31 bits per heavy atom. The molecule has 0 aliphatic heterocycles. The van der Waals surface area contributed by atoms with Crippen LogP contribution in [0.2, 0.25) is 0 Å². The molecule has 0 aliphatic rings. The number of unbranched alkanes of at least 4 members (excludes halogenated alkanes) is 1. The van der Waals surface area contributed by atoms with Gasteiger partial charge in [-0.2, -0.15) is 4.98 Å². The fourth-order valence-corrected chi connectivity index (χ4v) is 1.41. The van der Waals surface area contributed by atoms with E-state index in [9.17, 15) is 4.79 Å². The number of aromatic nitrogens is 2. The molecule has 0 unspecified atom stereocenters. The second-order valence-corrected chi connectivity index (χ2v) is 3.86. The van der Waals surface area contributed by atoms with Gasteiger partial charge in [0.15, 0.2) is 5.82 Å². The Hall–Kier alpha value is -1.10. The molecular weight excluding hydrogens is 230 g/mol. The summed E-state index contributed by atoms with van der Waals surface area (Å²) in [4.78, 5) is 15.3. The molecule has 1 aromatic heterocycles. The number of carbonyl (C=O) groups is 1. The summed E-state index contributed by atoms with van der Waals surface area (Å²) in [5, 5.41) is 6.45. The number of halogens is 1. The van der Waals surface area contributed by atoms with Crippen LogP contribution in [0, 0.1) is 6.92 Å². The third-order valence-electron chi connectivity index (χ3n) is 2.02. The summed E-state index contributed by atoms with van der Waals surface area (Å²) < 4.78 is 4.91. The van der Waals surface area contributed by atoms with E-state index in [4.69, 9.17) is 16.1 Å². The van der Waals surface area contributed by atoms with Gasteiger partial charge < -0.3 is 9.84 Å². The molecule has 0 saturated carbocycles. The first kappa shape index (κ1) is 13.0. The number of amides is 1. The molecule has 0 aromatic carbocycles. The molecule has 1 heterocycles. The summed E-state index contributed by atoms with van der Waals surface area (Å²) in [6, 6.07) is 0. The van der Waals surface area contributed by atoms with E-state index in [-0.39, 0.29) is 5.91 Å². The van der Waals surface area contributed by atoms with Crippen molar-refractivity contribution in [3.8, 4) is 0 Å². The quantitative estimate of drug-likeness (QED) is 0.583. The molecule has 0 fully saturated rings. The topological polar surface area (TPSA) is 68.0 Å². The first-order valence-corrected chi connectivity index (χ1v) is 5.87. The fraction of sp³-hybridized carbons (Fsp3) is 0.700. The summed E-state index contributed by atoms with van der Waals surface area (Å²) in [5.41, 5.74) is 0. The number of hydrogen-bond donors (Lipinski definition) is 1. The number of nitrogens with zero attached hydrogens (tertiary/aromatic N) is 2. The van der Waals surface area contributed by atoms with Gasteiger partial charge in [0.1, 0.15) is 0 Å². The molecule has 0 atom stereocenters. The van der Waals surface area contributed by atoms with Gasteiger partial charge in [0.2, 0.25) is 11.8 Å². The molecule has 0 radical (unpaired) electrons. The van der Waals surface area contributed by atoms with Crippen molar-refractivity contribution in [3.63, 3.8) is 0 Å². The minimum absolute atomic E-state index is 0.0429. The van der Waals surface area contributed by atoms with Crippen LogP contribution in [-0.2, 0) is 11.2 Å². The maximum absolute atomic E-state index is 11.3. The van der Waals surface area contributed by atoms with Crippen LogP contribution in [0.1, 0.15) is 31.0 Å². The predicted molar refractivity (Wildman–Crippen MR) is 60.3 cm³/mol. The summed E-state index contributed by atoms with van der Waals surface area (Å²) in [7, 11) is 0. The van der Waals surface area contributed by atoms with Crippen molar-refractivity contribution in [1.29, 1.82) is 0 Å². The molecule has 0 bridgehead atoms. The lowest BCUT2D eigenvalue weighted by Gasteiger charge is -2.02. The zero-order chi connectivity index (χ0) is 11.8. The van der Waals surface area contributed by atoms with E-state index in [1.807, 2.05) is 0 Å². The summed E-state index contributed by atoms with van der Waals surface area (Å²) in [6.45, 7) is 2.29. The molecule has 0 aliphatic carbocycles. The third kappa shape index (κ3) is 5.11. The van der Waals surface area contributed by atoms with Gasteiger partial charge in [-0.1, -0.05) is 5.16 Å². The first-order valence-electron chi connectivity index (χ1n) is 5.34. The standard InChI is InChI=1S/C10H16ClN3O2/c1-8-13-10(16-14-8)5-7-12-9(15)4-2-3-6-11/h2-7H2,1H3,(H,12,15). The van der Waals surface area contributed by atoms with E-state index in [2.05, 4.69) is 15.5 Å². The minimum Gasteiger partial charge on any atom is -0.356 e. The average Bonchev–Trinajstić information content (AvgIpc) is 2.65. The van der Waals surface area contributed by atoms with Gasteiger partial charge in [0.05, 0.1) is 0 Å². The number of carbonyl (C=O) groups excluding carboxylic acids is 1. The van der Waals surface area contributed by atoms with Crippen molar-refractivity contribution >= 4 is 17.5 Å². The largest absolute Gasteiger partial charge is 0.356 e. The van der Waals surface area contributed by atoms with Gasteiger partial charge in [-0.15, -0.1) is 11.6 Å². The number of alkyl halides is 1. The Morgan fingerprint density at radius 3 is 2.94 bits per heavy atom. The SMILES string of the molecule is Cc1noc(CCNC(=O)CCCCCl)n1. The Bertz CT molecular complexity index is 328. The van der Waals surface area contributed by atoms with Crippen LogP contribution in [0.4, 0.5) is 0 Å². The van der Waals surface area contributed by atoms with E-state index < -0.39 is 0 Å². The van der Waals surface area contributed by atoms with Crippen LogP contribution in [0.25, 0.3) is 0 Å². The number of nitrogens with one attached hydrogen (secondary N) is 1. The lowest BCUT2D eigenvalue weighted by molar-refractivity contribution is -0.121. The molecule has 0 saturated heterocycles. The first-order chi connectivity index (χ1) is 7.72. The van der Waals surface area contributed by atoms with Crippen molar-refractivity contribution in [2.75, 3.05) is 12.4 Å². The van der Waals surface area contributed by atoms with Crippen molar-refractivity contribution in [3.05, 3.63) is 11.7 Å². The monoisotopic (exact) mass is 245 g/mol. The van der Waals surface area contributed by atoms with Crippen LogP contribution in [0.3, 0.4) is 0 Å². The van der Waals surface area contributed by atoms with Crippen molar-refractivity contribution < 1.29 is 9.32 Å². The van der Waals surface area contributed by atoms with Crippen molar-refractivity contribution in [2.24, 2.45) is 0 Å². The highest BCUT2D eigenvalue weighted by atomic mass is 35.5. The van der Waals surface area contributed by atoms with E-state index >= 15 is 0 Å². The van der Waals surface area contributed by atoms with Gasteiger partial charge in [0, 0.05) is 25.3 Å². The highest BCUT2D eigenvalue weighted by Crippen LogP contribution is 1.98. The van der Waals surface area contributed by atoms with Crippen LogP contribution >= 0.6 is 11.6 Å². The molecular formula is C10H16ClN3O2. The molecule has 16 heavy (non-hydrogen) atoms. The van der Waals surface area contributed by atoms with Crippen LogP contribution in [-0.4, -0.2) is 28.5 Å². The van der Waals surface area contributed by atoms with Crippen molar-refractivity contribution in [2.45, 2.75) is 32.6 Å². The average molecular weight is 246 g/mol. The van der Waals surface area contributed by atoms with Crippen LogP contribution < -0.4 is 5.32 Å². The summed E-state index contributed by atoms with van der Waals surface area (Å²) >= 11 is 5.51. The van der Waals surface area contributed by atoms with Gasteiger partial charge in [0.25, 0.3) is 0 Å². The Morgan fingerprint density at radius 1 is 1.50 bits per heavy atom. The summed E-state index contributed by atoms with van der Waals surface area (Å²) in [6.07, 6.45) is 2.80. The highest BCUT2D eigenvalue weighted by molar-refractivity contribution is 6.17. The molecule has 0 spiro atoms. The number of hydrogen-bond acceptors (Lipinski definition) is 4. The van der Waals surface area contributed by atoms with Gasteiger partial charge in [-0.05, 0) is 19.8 Å². The molecule has 1 rings (SSSR count). The highest BCUT2D eigenvalue weighted by Gasteiger charge is 2.04. The Kier molecular flexibility index (Phi) is 5.85. The minimum atomic E-state index is 0.0429. The molecule has 1 amide bonds. The fourth-order valence-electron chi connectivity index (χ4n) is 1.22. The molecule has 6 heteroatoms. The van der Waals surface area contributed by atoms with E-state index in [1.54, 1.807) is 6.92 Å². The van der Waals surface area contributed by atoms with E-state index in [0.717, 1.165) is 12.8 Å². The summed E-state index contributed by atoms with van der Waals surface area (Å²) in [5.74, 6) is 1.82. The zero-order valence-electron chi connectivity index (χ0n) is 9.33. The number of aryl methyl sites for hydroxylation is 1. The predicted octanol–water partition coefficient (Wildman–Crippen LogP) is 1.45. The van der Waals surface area contributed by atoms with E-state index in [0.29, 0.717) is 37.0 Å². The van der Waals surface area contributed by atoms with E-state index in [1.165, 1.54) is 0 Å². The smallest absolute Gasteiger partial charge is 0.228 e. The lowest BCUT2D eigenvalue weighted by atomic mass is 10.2. The Balaban J connectivity index is 2.08. The molecule has 90 valence electrons. The van der Waals surface area contributed by atoms with Crippen LogP contribution in [0.5, 0.6) is 0 Å². The second-order valence-electron chi connectivity index (χ2n) is 3.48. The maximum atomic E-state index is 11.3. The Labute approximate surface area is 99.6 Å². The van der Waals surface area contributed by atoms with Gasteiger partial charge >= 0.3 is 0 Å². The van der Waals surface area contributed by atoms with Crippen molar-refractivity contribution in [1.82, 2.24) is 15.5 Å². The second kappa shape index (κ2) is 7.22. The lowest BCUT2D eigenvalue weighted by Crippen LogP contribution is -2.25. The normalized spacial score (nSPS) is 10.4. The maximum Gasteiger partial charge on any atom is 0.228 e. The number of rotatable bonds is 7. The van der Waals surface area contributed by atoms with Crippen LogP contribution in [0.15, 0.2) is 4.52 Å². The molecule has 5 nitrogen and oxygen atoms in total. The third-order valence-corrected chi connectivity index (χ3v) is 2.29. The van der Waals surface area contributed by atoms with Gasteiger partial charge in [-0.25, -0.2) is 0 Å².